The predicted molar refractivity (Wildman–Crippen MR) is 101 cm³/mol. The fourth-order valence-electron chi connectivity index (χ4n) is 2.93. The van der Waals surface area contributed by atoms with Crippen LogP contribution in [0.5, 0.6) is 5.88 Å². The van der Waals surface area contributed by atoms with Crippen molar-refractivity contribution in [2.45, 2.75) is 31.7 Å². The molecule has 0 amide bonds. The summed E-state index contributed by atoms with van der Waals surface area (Å²) in [6.45, 7) is 4.28. The van der Waals surface area contributed by atoms with Gasteiger partial charge in [-0.3, -0.25) is 0 Å². The van der Waals surface area contributed by atoms with E-state index < -0.39 is 0 Å². The Balaban J connectivity index is 1.78. The van der Waals surface area contributed by atoms with Crippen molar-refractivity contribution in [3.63, 3.8) is 0 Å². The first-order chi connectivity index (χ1) is 12.2. The van der Waals surface area contributed by atoms with Crippen LogP contribution in [0.1, 0.15) is 20.3 Å². The monoisotopic (exact) mass is 352 g/mol. The van der Waals surface area contributed by atoms with E-state index in [2.05, 4.69) is 52.6 Å². The molecule has 25 heavy (non-hydrogen) atoms. The van der Waals surface area contributed by atoms with Gasteiger partial charge in [0.15, 0.2) is 11.9 Å². The maximum absolute atomic E-state index is 6.24. The van der Waals surface area contributed by atoms with Gasteiger partial charge in [-0.25, -0.2) is 0 Å². The van der Waals surface area contributed by atoms with Crippen LogP contribution in [0.25, 0.3) is 11.3 Å². The van der Waals surface area contributed by atoms with Crippen molar-refractivity contribution in [3.05, 3.63) is 48.1 Å². The zero-order valence-corrected chi connectivity index (χ0v) is 15.1. The summed E-state index contributed by atoms with van der Waals surface area (Å²) >= 11 is 1.56. The molecule has 5 nitrogen and oxygen atoms in total. The molecule has 1 aromatic heterocycles. The van der Waals surface area contributed by atoms with Gasteiger partial charge < -0.3 is 10.1 Å². The van der Waals surface area contributed by atoms with E-state index in [0.717, 1.165) is 29.0 Å². The van der Waals surface area contributed by atoms with Crippen LogP contribution in [0.15, 0.2) is 53.2 Å². The van der Waals surface area contributed by atoms with Crippen LogP contribution in [-0.2, 0) is 0 Å². The number of allylic oxidation sites excluding steroid dienone is 2. The van der Waals surface area contributed by atoms with E-state index in [1.54, 1.807) is 11.8 Å². The highest BCUT2D eigenvalue weighted by molar-refractivity contribution is 7.99. The molecule has 0 fully saturated rings. The van der Waals surface area contributed by atoms with Gasteiger partial charge >= 0.3 is 0 Å². The maximum atomic E-state index is 6.24. The number of rotatable bonds is 3. The lowest BCUT2D eigenvalue weighted by Crippen LogP contribution is -2.28. The topological polar surface area (TPSA) is 59.9 Å². The van der Waals surface area contributed by atoms with E-state index in [-0.39, 0.29) is 6.23 Å². The molecule has 6 heteroatoms. The van der Waals surface area contributed by atoms with Crippen molar-refractivity contribution in [2.24, 2.45) is 5.92 Å². The van der Waals surface area contributed by atoms with Gasteiger partial charge in [-0.1, -0.05) is 62.0 Å². The lowest BCUT2D eigenvalue weighted by Gasteiger charge is -2.22. The van der Waals surface area contributed by atoms with Crippen molar-refractivity contribution >= 4 is 17.4 Å². The van der Waals surface area contributed by atoms with Gasteiger partial charge in [-0.05, 0) is 24.2 Å². The molecular weight excluding hydrogens is 332 g/mol. The number of anilines is 1. The normalized spacial score (nSPS) is 21.3. The Morgan fingerprint density at radius 1 is 1.28 bits per heavy atom. The average Bonchev–Trinajstić information content (AvgIpc) is 2.79. The van der Waals surface area contributed by atoms with E-state index in [1.807, 2.05) is 24.3 Å². The van der Waals surface area contributed by atoms with Crippen LogP contribution in [0.3, 0.4) is 0 Å². The molecule has 1 aliphatic heterocycles. The Morgan fingerprint density at radius 3 is 2.96 bits per heavy atom. The SMILES string of the molecule is CCSc1nnc2c(n1)OC(C1=CCC(C)C=C1)Nc1ccccc1-2. The van der Waals surface area contributed by atoms with Gasteiger partial charge in [-0.2, -0.15) is 4.98 Å². The van der Waals surface area contributed by atoms with Gasteiger partial charge in [-0.15, -0.1) is 10.2 Å². The third kappa shape index (κ3) is 3.26. The minimum atomic E-state index is -0.290. The minimum Gasteiger partial charge on any atom is -0.448 e. The third-order valence-electron chi connectivity index (χ3n) is 4.25. The van der Waals surface area contributed by atoms with Crippen LogP contribution in [-0.4, -0.2) is 27.2 Å². The van der Waals surface area contributed by atoms with Crippen LogP contribution in [0.4, 0.5) is 5.69 Å². The molecule has 0 bridgehead atoms. The number of nitrogens with zero attached hydrogens (tertiary/aromatic N) is 3. The van der Waals surface area contributed by atoms with E-state index in [0.29, 0.717) is 22.6 Å². The Hall–Kier alpha value is -2.34. The summed E-state index contributed by atoms with van der Waals surface area (Å²) in [7, 11) is 0. The van der Waals surface area contributed by atoms with Crippen molar-refractivity contribution in [1.82, 2.24) is 15.2 Å². The van der Waals surface area contributed by atoms with Crippen molar-refractivity contribution < 1.29 is 4.74 Å². The van der Waals surface area contributed by atoms with E-state index >= 15 is 0 Å². The summed E-state index contributed by atoms with van der Waals surface area (Å²) in [5.41, 5.74) is 3.73. The zero-order valence-electron chi connectivity index (χ0n) is 14.3. The molecule has 2 heterocycles. The number of nitrogens with one attached hydrogen (secondary N) is 1. The first kappa shape index (κ1) is 16.1. The van der Waals surface area contributed by atoms with Gasteiger partial charge in [0.1, 0.15) is 0 Å². The van der Waals surface area contributed by atoms with E-state index in [1.165, 1.54) is 0 Å². The summed E-state index contributed by atoms with van der Waals surface area (Å²) < 4.78 is 6.24. The standard InChI is InChI=1S/C19H20N4OS/c1-3-25-19-21-18-16(22-23-19)14-6-4-5-7-15(14)20-17(24-18)13-10-8-12(2)9-11-13/h4-8,10-12,17,20H,3,9H2,1-2H3. The van der Waals surface area contributed by atoms with Gasteiger partial charge in [0.25, 0.3) is 0 Å². The van der Waals surface area contributed by atoms with Crippen molar-refractivity contribution in [1.29, 1.82) is 0 Å². The highest BCUT2D eigenvalue weighted by Gasteiger charge is 2.27. The highest BCUT2D eigenvalue weighted by Crippen LogP contribution is 2.37. The number of ether oxygens (including phenoxy) is 1. The Labute approximate surface area is 151 Å². The van der Waals surface area contributed by atoms with Crippen LogP contribution < -0.4 is 10.1 Å². The predicted octanol–water partition coefficient (Wildman–Crippen LogP) is 4.30. The lowest BCUT2D eigenvalue weighted by atomic mass is 9.97. The number of benzene rings is 1. The zero-order chi connectivity index (χ0) is 17.2. The van der Waals surface area contributed by atoms with Crippen LogP contribution in [0.2, 0.25) is 0 Å². The van der Waals surface area contributed by atoms with Gasteiger partial charge in [0, 0.05) is 16.8 Å². The van der Waals surface area contributed by atoms with Crippen LogP contribution in [0, 0.1) is 5.92 Å². The molecular formula is C19H20N4OS. The van der Waals surface area contributed by atoms with E-state index in [4.69, 9.17) is 4.74 Å². The minimum absolute atomic E-state index is 0.290. The molecule has 2 atom stereocenters. The van der Waals surface area contributed by atoms with E-state index in [9.17, 15) is 0 Å². The number of hydrogen-bond donors (Lipinski definition) is 1. The third-order valence-corrected chi connectivity index (χ3v) is 4.97. The summed E-state index contributed by atoms with van der Waals surface area (Å²) in [6.07, 6.45) is 7.31. The van der Waals surface area contributed by atoms with Crippen molar-refractivity contribution in [3.8, 4) is 17.1 Å². The molecule has 2 aromatic rings. The van der Waals surface area contributed by atoms with Gasteiger partial charge in [0.2, 0.25) is 11.0 Å². The Morgan fingerprint density at radius 2 is 2.16 bits per heavy atom. The van der Waals surface area contributed by atoms with Crippen molar-refractivity contribution in [2.75, 3.05) is 11.1 Å². The largest absolute Gasteiger partial charge is 0.448 e. The number of thioether (sulfide) groups is 1. The summed E-state index contributed by atoms with van der Waals surface area (Å²) in [5.74, 6) is 1.98. The second-order valence-corrected chi connectivity index (χ2v) is 7.38. The molecule has 0 spiro atoms. The van der Waals surface area contributed by atoms with Crippen LogP contribution >= 0.6 is 11.8 Å². The molecule has 0 saturated heterocycles. The smallest absolute Gasteiger partial charge is 0.247 e. The van der Waals surface area contributed by atoms with Gasteiger partial charge in [0.05, 0.1) is 0 Å². The molecule has 2 unspecified atom stereocenters. The second-order valence-electron chi connectivity index (χ2n) is 6.15. The quantitative estimate of drug-likeness (QED) is 0.831. The highest BCUT2D eigenvalue weighted by atomic mass is 32.2. The Bertz CT molecular complexity index is 849. The molecule has 1 aromatic carbocycles. The summed E-state index contributed by atoms with van der Waals surface area (Å²) in [5, 5.41) is 12.8. The second kappa shape index (κ2) is 6.88. The molecule has 128 valence electrons. The molecule has 0 radical (unpaired) electrons. The fraction of sp³-hybridized carbons (Fsp3) is 0.316. The lowest BCUT2D eigenvalue weighted by molar-refractivity contribution is 0.256. The summed E-state index contributed by atoms with van der Waals surface area (Å²) in [6, 6.07) is 8.04. The number of aromatic nitrogens is 3. The molecule has 1 N–H and O–H groups in total. The molecule has 4 rings (SSSR count). The molecule has 1 aliphatic carbocycles. The number of hydrogen-bond acceptors (Lipinski definition) is 6. The average molecular weight is 352 g/mol. The molecule has 0 saturated carbocycles. The first-order valence-electron chi connectivity index (χ1n) is 8.53. The fourth-order valence-corrected chi connectivity index (χ4v) is 3.43. The number of para-hydroxylation sites is 1. The number of fused-ring (bicyclic) bond motifs is 3. The maximum Gasteiger partial charge on any atom is 0.247 e. The summed E-state index contributed by atoms with van der Waals surface area (Å²) in [4.78, 5) is 4.60. The Kier molecular flexibility index (Phi) is 4.44. The first-order valence-corrected chi connectivity index (χ1v) is 9.51. The molecule has 2 aliphatic rings.